The number of nitriles is 1. The standard InChI is InChI=1S/C16H20N2O/c1-3-13-7-8-15(11(13)2)18-16(19)14-6-4-5-12(9-14)10-17/h4-6,9,11,13,15H,3,7-8H2,1-2H3,(H,18,19). The average Bonchev–Trinajstić information content (AvgIpc) is 2.79. The number of nitrogens with zero attached hydrogens (tertiary/aromatic N) is 1. The summed E-state index contributed by atoms with van der Waals surface area (Å²) in [5, 5.41) is 12.0. The predicted molar refractivity (Wildman–Crippen MR) is 74.6 cm³/mol. The van der Waals surface area contributed by atoms with Gasteiger partial charge in [0.2, 0.25) is 0 Å². The quantitative estimate of drug-likeness (QED) is 0.903. The first kappa shape index (κ1) is 13.6. The van der Waals surface area contributed by atoms with E-state index in [4.69, 9.17) is 5.26 Å². The molecule has 2 rings (SSSR count). The van der Waals surface area contributed by atoms with E-state index in [1.807, 2.05) is 0 Å². The molecular formula is C16H20N2O. The van der Waals surface area contributed by atoms with Gasteiger partial charge in [0.25, 0.3) is 5.91 Å². The van der Waals surface area contributed by atoms with Crippen LogP contribution in [-0.4, -0.2) is 11.9 Å². The van der Waals surface area contributed by atoms with Gasteiger partial charge in [-0.25, -0.2) is 0 Å². The first-order valence-electron chi connectivity index (χ1n) is 6.96. The second-order valence-electron chi connectivity index (χ2n) is 5.38. The summed E-state index contributed by atoms with van der Waals surface area (Å²) in [5.74, 6) is 1.19. The highest BCUT2D eigenvalue weighted by molar-refractivity contribution is 5.94. The van der Waals surface area contributed by atoms with E-state index in [2.05, 4.69) is 25.2 Å². The minimum atomic E-state index is -0.0642. The van der Waals surface area contributed by atoms with E-state index in [0.717, 1.165) is 12.3 Å². The zero-order chi connectivity index (χ0) is 13.8. The molecule has 0 heterocycles. The molecule has 3 heteroatoms. The summed E-state index contributed by atoms with van der Waals surface area (Å²) in [5.41, 5.74) is 1.10. The molecular weight excluding hydrogens is 236 g/mol. The normalized spacial score (nSPS) is 25.8. The van der Waals surface area contributed by atoms with Gasteiger partial charge in [-0.1, -0.05) is 26.3 Å². The number of carbonyl (C=O) groups excluding carboxylic acids is 1. The van der Waals surface area contributed by atoms with Gasteiger partial charge in [-0.15, -0.1) is 0 Å². The first-order valence-corrected chi connectivity index (χ1v) is 6.96. The number of nitrogens with one attached hydrogen (secondary N) is 1. The Morgan fingerprint density at radius 1 is 1.47 bits per heavy atom. The van der Waals surface area contributed by atoms with E-state index in [1.54, 1.807) is 24.3 Å². The third-order valence-corrected chi connectivity index (χ3v) is 4.32. The van der Waals surface area contributed by atoms with Crippen molar-refractivity contribution in [3.8, 4) is 6.07 Å². The topological polar surface area (TPSA) is 52.9 Å². The highest BCUT2D eigenvalue weighted by Crippen LogP contribution is 2.33. The third kappa shape index (κ3) is 2.96. The molecule has 100 valence electrons. The summed E-state index contributed by atoms with van der Waals surface area (Å²) in [6, 6.07) is 9.19. The van der Waals surface area contributed by atoms with E-state index in [1.165, 1.54) is 12.8 Å². The summed E-state index contributed by atoms with van der Waals surface area (Å²) in [7, 11) is 0. The fraction of sp³-hybridized carbons (Fsp3) is 0.500. The minimum absolute atomic E-state index is 0.0642. The molecule has 1 saturated carbocycles. The smallest absolute Gasteiger partial charge is 0.251 e. The van der Waals surface area contributed by atoms with Crippen LogP contribution in [-0.2, 0) is 0 Å². The van der Waals surface area contributed by atoms with Gasteiger partial charge in [0.05, 0.1) is 11.6 Å². The number of rotatable bonds is 3. The summed E-state index contributed by atoms with van der Waals surface area (Å²) in [6.45, 7) is 4.43. The van der Waals surface area contributed by atoms with Gasteiger partial charge in [-0.2, -0.15) is 5.26 Å². The van der Waals surface area contributed by atoms with Gasteiger partial charge >= 0.3 is 0 Å². The van der Waals surface area contributed by atoms with Gasteiger partial charge in [0.1, 0.15) is 0 Å². The number of benzene rings is 1. The molecule has 1 aromatic rings. The molecule has 0 bridgehead atoms. The van der Waals surface area contributed by atoms with Gasteiger partial charge in [-0.05, 0) is 42.9 Å². The first-order chi connectivity index (χ1) is 9.15. The Balaban J connectivity index is 2.03. The largest absolute Gasteiger partial charge is 0.349 e. The van der Waals surface area contributed by atoms with Crippen molar-refractivity contribution in [3.05, 3.63) is 35.4 Å². The Morgan fingerprint density at radius 2 is 2.26 bits per heavy atom. The van der Waals surface area contributed by atoms with E-state index < -0.39 is 0 Å². The maximum atomic E-state index is 12.2. The molecule has 3 unspecified atom stereocenters. The van der Waals surface area contributed by atoms with Crippen LogP contribution in [0.1, 0.15) is 49.0 Å². The Kier molecular flexibility index (Phi) is 4.21. The highest BCUT2D eigenvalue weighted by Gasteiger charge is 2.32. The van der Waals surface area contributed by atoms with Crippen LogP contribution in [0, 0.1) is 23.2 Å². The zero-order valence-corrected chi connectivity index (χ0v) is 11.5. The summed E-state index contributed by atoms with van der Waals surface area (Å²) in [6.07, 6.45) is 3.43. The lowest BCUT2D eigenvalue weighted by Gasteiger charge is -2.21. The van der Waals surface area contributed by atoms with Crippen LogP contribution in [0.25, 0.3) is 0 Å². The lowest BCUT2D eigenvalue weighted by molar-refractivity contribution is 0.0926. The molecule has 3 nitrogen and oxygen atoms in total. The number of carbonyl (C=O) groups is 1. The van der Waals surface area contributed by atoms with Crippen LogP contribution in [0.2, 0.25) is 0 Å². The van der Waals surface area contributed by atoms with Gasteiger partial charge < -0.3 is 5.32 Å². The van der Waals surface area contributed by atoms with Crippen molar-refractivity contribution in [2.24, 2.45) is 11.8 Å². The molecule has 3 atom stereocenters. The van der Waals surface area contributed by atoms with Crippen LogP contribution >= 0.6 is 0 Å². The molecule has 0 spiro atoms. The van der Waals surface area contributed by atoms with Gasteiger partial charge in [0.15, 0.2) is 0 Å². The van der Waals surface area contributed by atoms with Crippen LogP contribution in [0.4, 0.5) is 0 Å². The zero-order valence-electron chi connectivity index (χ0n) is 11.5. The van der Waals surface area contributed by atoms with E-state index in [-0.39, 0.29) is 11.9 Å². The molecule has 1 aliphatic rings. The van der Waals surface area contributed by atoms with E-state index >= 15 is 0 Å². The molecule has 0 radical (unpaired) electrons. The Bertz CT molecular complexity index is 504. The van der Waals surface area contributed by atoms with Crippen molar-refractivity contribution in [1.82, 2.24) is 5.32 Å². The number of amides is 1. The second-order valence-corrected chi connectivity index (χ2v) is 5.38. The Labute approximate surface area is 114 Å². The van der Waals surface area contributed by atoms with Crippen molar-refractivity contribution in [1.29, 1.82) is 5.26 Å². The maximum absolute atomic E-state index is 12.2. The molecule has 0 aliphatic heterocycles. The van der Waals surface area contributed by atoms with Crippen molar-refractivity contribution in [3.63, 3.8) is 0 Å². The van der Waals surface area contributed by atoms with Gasteiger partial charge in [-0.3, -0.25) is 4.79 Å². The molecule has 19 heavy (non-hydrogen) atoms. The van der Waals surface area contributed by atoms with Crippen molar-refractivity contribution in [2.75, 3.05) is 0 Å². The second kappa shape index (κ2) is 5.88. The molecule has 1 amide bonds. The van der Waals surface area contributed by atoms with Gasteiger partial charge in [0, 0.05) is 11.6 Å². The summed E-state index contributed by atoms with van der Waals surface area (Å²) >= 11 is 0. The van der Waals surface area contributed by atoms with Crippen LogP contribution in [0.15, 0.2) is 24.3 Å². The molecule has 1 aromatic carbocycles. The van der Waals surface area contributed by atoms with E-state index in [0.29, 0.717) is 17.0 Å². The summed E-state index contributed by atoms with van der Waals surface area (Å²) < 4.78 is 0. The molecule has 0 aromatic heterocycles. The Morgan fingerprint density at radius 3 is 2.89 bits per heavy atom. The van der Waals surface area contributed by atoms with E-state index in [9.17, 15) is 4.79 Å². The molecule has 1 aliphatic carbocycles. The van der Waals surface area contributed by atoms with Crippen LogP contribution in [0.3, 0.4) is 0 Å². The molecule has 1 fully saturated rings. The Hall–Kier alpha value is -1.82. The van der Waals surface area contributed by atoms with Crippen molar-refractivity contribution < 1.29 is 4.79 Å². The molecule has 1 N–H and O–H groups in total. The van der Waals surface area contributed by atoms with Crippen LogP contribution in [0.5, 0.6) is 0 Å². The monoisotopic (exact) mass is 256 g/mol. The fourth-order valence-corrected chi connectivity index (χ4v) is 3.01. The highest BCUT2D eigenvalue weighted by atomic mass is 16.1. The lowest BCUT2D eigenvalue weighted by atomic mass is 9.93. The summed E-state index contributed by atoms with van der Waals surface area (Å²) in [4.78, 5) is 12.2. The lowest BCUT2D eigenvalue weighted by Crippen LogP contribution is -2.37. The number of hydrogen-bond donors (Lipinski definition) is 1. The maximum Gasteiger partial charge on any atom is 0.251 e. The minimum Gasteiger partial charge on any atom is -0.349 e. The van der Waals surface area contributed by atoms with Crippen molar-refractivity contribution in [2.45, 2.75) is 39.2 Å². The SMILES string of the molecule is CCC1CCC(NC(=O)c2cccc(C#N)c2)C1C. The van der Waals surface area contributed by atoms with Crippen molar-refractivity contribution >= 4 is 5.91 Å². The average molecular weight is 256 g/mol. The third-order valence-electron chi connectivity index (χ3n) is 4.32. The molecule has 0 saturated heterocycles. The number of hydrogen-bond acceptors (Lipinski definition) is 2. The predicted octanol–water partition coefficient (Wildman–Crippen LogP) is 3.11. The fourth-order valence-electron chi connectivity index (χ4n) is 3.01. The van der Waals surface area contributed by atoms with Crippen LogP contribution < -0.4 is 5.32 Å².